The van der Waals surface area contributed by atoms with E-state index in [9.17, 15) is 9.59 Å². The van der Waals surface area contributed by atoms with Crippen molar-refractivity contribution in [1.29, 1.82) is 0 Å². The van der Waals surface area contributed by atoms with Crippen molar-refractivity contribution in [2.24, 2.45) is 0 Å². The zero-order chi connectivity index (χ0) is 10.1. The minimum atomic E-state index is -1.49. The van der Waals surface area contributed by atoms with Crippen molar-refractivity contribution in [3.05, 3.63) is 0 Å². The number of rotatable bonds is 1. The third kappa shape index (κ3) is 1.62. The number of carboxylic acid groups (broad SMARTS) is 2. The molecule has 1 aliphatic rings. The second kappa shape index (κ2) is 3.52. The van der Waals surface area contributed by atoms with Gasteiger partial charge in [0.15, 0.2) is 0 Å². The Bertz CT molecular complexity index is 225. The molecule has 1 fully saturated rings. The topological polar surface area (TPSA) is 77.8 Å². The van der Waals surface area contributed by atoms with Crippen LogP contribution in [0.4, 0.5) is 9.59 Å². The van der Waals surface area contributed by atoms with Gasteiger partial charge in [-0.3, -0.25) is 0 Å². The molecule has 0 aliphatic carbocycles. The zero-order valence-corrected chi connectivity index (χ0v) is 7.78. The standard InChI is InChI=1S/C6H10N2O4S/c9-5(10)8(13,6(11)12)7-3-1-2-4-7/h13H,1-4H2,(H-,9,10,11,12)/p+1. The number of amides is 2. The van der Waals surface area contributed by atoms with Crippen molar-refractivity contribution >= 4 is 25.0 Å². The van der Waals surface area contributed by atoms with E-state index in [1.807, 2.05) is 0 Å². The van der Waals surface area contributed by atoms with E-state index < -0.39 is 16.2 Å². The maximum Gasteiger partial charge on any atom is 0.557 e. The van der Waals surface area contributed by atoms with E-state index in [-0.39, 0.29) is 0 Å². The first kappa shape index (κ1) is 10.3. The third-order valence-corrected chi connectivity index (χ3v) is 2.62. The summed E-state index contributed by atoms with van der Waals surface area (Å²) in [5, 5.41) is 18.8. The lowest BCUT2D eigenvalue weighted by Gasteiger charge is -2.26. The molecule has 1 aliphatic heterocycles. The van der Waals surface area contributed by atoms with Crippen LogP contribution < -0.4 is 0 Å². The molecule has 0 aromatic carbocycles. The molecule has 1 heterocycles. The van der Waals surface area contributed by atoms with Crippen LogP contribution >= 0.6 is 12.8 Å². The van der Waals surface area contributed by atoms with Gasteiger partial charge >= 0.3 is 12.2 Å². The predicted molar refractivity (Wildman–Crippen MR) is 46.1 cm³/mol. The number of quaternary nitrogens is 1. The molecule has 0 spiro atoms. The fourth-order valence-electron chi connectivity index (χ4n) is 1.31. The lowest BCUT2D eigenvalue weighted by molar-refractivity contribution is -0.778. The third-order valence-electron chi connectivity index (χ3n) is 2.03. The number of hydrogen-bond acceptors (Lipinski definition) is 4. The number of hydrogen-bond donors (Lipinski definition) is 3. The van der Waals surface area contributed by atoms with Crippen LogP contribution in [0.1, 0.15) is 12.8 Å². The fourth-order valence-corrected chi connectivity index (χ4v) is 1.49. The van der Waals surface area contributed by atoms with E-state index in [1.165, 1.54) is 5.01 Å². The average molecular weight is 207 g/mol. The van der Waals surface area contributed by atoms with Crippen molar-refractivity contribution in [3.63, 3.8) is 0 Å². The van der Waals surface area contributed by atoms with Gasteiger partial charge in [-0.1, -0.05) is 0 Å². The largest absolute Gasteiger partial charge is 0.557 e. The molecule has 1 saturated heterocycles. The lowest BCUT2D eigenvalue weighted by Crippen LogP contribution is -2.58. The first-order valence-corrected chi connectivity index (χ1v) is 4.24. The molecule has 1 rings (SSSR count). The van der Waals surface area contributed by atoms with Crippen LogP contribution in [0.3, 0.4) is 0 Å². The molecule has 7 heteroatoms. The Morgan fingerprint density at radius 2 is 1.54 bits per heavy atom. The summed E-state index contributed by atoms with van der Waals surface area (Å²) < 4.78 is -1.36. The second-order valence-electron chi connectivity index (χ2n) is 2.83. The SMILES string of the molecule is O=C(O)[N+](S)(C(=O)O)N1CCCC1. The Morgan fingerprint density at radius 3 is 1.85 bits per heavy atom. The number of nitrogens with zero attached hydrogens (tertiary/aromatic N) is 2. The molecule has 0 bridgehead atoms. The van der Waals surface area contributed by atoms with Gasteiger partial charge in [0.1, 0.15) is 12.8 Å². The smallest absolute Gasteiger partial charge is 0.433 e. The van der Waals surface area contributed by atoms with Crippen molar-refractivity contribution in [2.45, 2.75) is 12.8 Å². The molecule has 0 aromatic rings. The second-order valence-corrected chi connectivity index (χ2v) is 3.41. The molecule has 74 valence electrons. The fraction of sp³-hybridized carbons (Fsp3) is 0.667. The highest BCUT2D eigenvalue weighted by Gasteiger charge is 2.51. The Hall–Kier alpha value is -0.790. The molecule has 2 N–H and O–H groups in total. The van der Waals surface area contributed by atoms with E-state index in [0.717, 1.165) is 12.8 Å². The van der Waals surface area contributed by atoms with Gasteiger partial charge in [0, 0.05) is 4.00 Å². The number of thiol groups is 1. The molecule has 0 unspecified atom stereocenters. The minimum Gasteiger partial charge on any atom is -0.433 e. The van der Waals surface area contributed by atoms with Crippen LogP contribution in [-0.2, 0) is 0 Å². The summed E-state index contributed by atoms with van der Waals surface area (Å²) in [4.78, 5) is 21.4. The Labute approximate surface area is 80.5 Å². The monoisotopic (exact) mass is 207 g/mol. The summed E-state index contributed by atoms with van der Waals surface area (Å²) in [6.07, 6.45) is -1.36. The van der Waals surface area contributed by atoms with Crippen LogP contribution in [0.2, 0.25) is 0 Å². The van der Waals surface area contributed by atoms with Gasteiger partial charge in [0.05, 0.1) is 13.1 Å². The van der Waals surface area contributed by atoms with Gasteiger partial charge in [-0.25, -0.2) is 0 Å². The minimum absolute atomic E-state index is 0.447. The van der Waals surface area contributed by atoms with Crippen molar-refractivity contribution < 1.29 is 23.8 Å². The summed E-state index contributed by atoms with van der Waals surface area (Å²) in [6, 6.07) is 0. The van der Waals surface area contributed by atoms with Crippen LogP contribution in [0, 0.1) is 0 Å². The first-order valence-electron chi connectivity index (χ1n) is 3.84. The summed E-state index contributed by atoms with van der Waals surface area (Å²) in [6.45, 7) is 0.893. The van der Waals surface area contributed by atoms with Crippen LogP contribution in [0.15, 0.2) is 0 Å². The highest BCUT2D eigenvalue weighted by atomic mass is 32.1. The van der Waals surface area contributed by atoms with Gasteiger partial charge in [0.25, 0.3) is 0 Å². The van der Waals surface area contributed by atoms with E-state index in [1.54, 1.807) is 0 Å². The van der Waals surface area contributed by atoms with Gasteiger partial charge in [-0.2, -0.15) is 9.59 Å². The van der Waals surface area contributed by atoms with Gasteiger partial charge in [-0.05, 0) is 12.8 Å². The maximum absolute atomic E-state index is 10.7. The lowest BCUT2D eigenvalue weighted by atomic mass is 10.4. The molecule has 2 amide bonds. The van der Waals surface area contributed by atoms with E-state index >= 15 is 0 Å². The van der Waals surface area contributed by atoms with Crippen LogP contribution in [-0.4, -0.2) is 44.5 Å². The van der Waals surface area contributed by atoms with Gasteiger partial charge in [0.2, 0.25) is 0 Å². The summed E-state index contributed by atoms with van der Waals surface area (Å²) >= 11 is 3.67. The Kier molecular flexibility index (Phi) is 2.79. The van der Waals surface area contributed by atoms with Crippen molar-refractivity contribution in [1.82, 2.24) is 5.01 Å². The molecular weight excluding hydrogens is 196 g/mol. The summed E-state index contributed by atoms with van der Waals surface area (Å²) in [5.74, 6) is 0. The Balaban J connectivity index is 2.89. The molecule has 6 nitrogen and oxygen atoms in total. The predicted octanol–water partition coefficient (Wildman–Crippen LogP) is 1.01. The highest BCUT2D eigenvalue weighted by molar-refractivity contribution is 7.75. The molecular formula is C6H11N2O4S+. The van der Waals surface area contributed by atoms with E-state index in [4.69, 9.17) is 10.2 Å². The maximum atomic E-state index is 10.7. The van der Waals surface area contributed by atoms with E-state index in [2.05, 4.69) is 12.8 Å². The summed E-state index contributed by atoms with van der Waals surface area (Å²) in [7, 11) is 0. The molecule has 0 saturated carbocycles. The van der Waals surface area contributed by atoms with Crippen molar-refractivity contribution in [3.8, 4) is 0 Å². The zero-order valence-electron chi connectivity index (χ0n) is 6.88. The normalized spacial score (nSPS) is 18.8. The van der Waals surface area contributed by atoms with Crippen LogP contribution in [0.5, 0.6) is 0 Å². The highest BCUT2D eigenvalue weighted by Crippen LogP contribution is 2.23. The number of carbonyl (C=O) groups is 2. The first-order chi connectivity index (χ1) is 5.99. The molecule has 0 radical (unpaired) electrons. The molecule has 0 aromatic heterocycles. The van der Waals surface area contributed by atoms with Crippen molar-refractivity contribution in [2.75, 3.05) is 13.1 Å². The van der Waals surface area contributed by atoms with Crippen LogP contribution in [0.25, 0.3) is 0 Å². The van der Waals surface area contributed by atoms with E-state index in [0.29, 0.717) is 13.1 Å². The Morgan fingerprint density at radius 1 is 1.15 bits per heavy atom. The average Bonchev–Trinajstić information content (AvgIpc) is 2.54. The molecule has 13 heavy (non-hydrogen) atoms. The quantitative estimate of drug-likeness (QED) is 0.442. The summed E-state index contributed by atoms with van der Waals surface area (Å²) in [5.41, 5.74) is 0. The van der Waals surface area contributed by atoms with Gasteiger partial charge in [-0.15, -0.1) is 5.01 Å². The van der Waals surface area contributed by atoms with Gasteiger partial charge < -0.3 is 10.2 Å². The number of imide groups is 1. The molecule has 0 atom stereocenters.